The maximum Gasteiger partial charge on any atom is 0.173 e. The third-order valence-corrected chi connectivity index (χ3v) is 6.28. The third-order valence-electron chi connectivity index (χ3n) is 6.28. The largest absolute Gasteiger partial charge is 0.504 e. The number of imidazole rings is 1. The summed E-state index contributed by atoms with van der Waals surface area (Å²) in [6.45, 7) is 1.75. The van der Waals surface area contributed by atoms with Crippen molar-refractivity contribution in [2.75, 3.05) is 0 Å². The Hall–Kier alpha value is -3.64. The molecule has 2 aromatic heterocycles. The summed E-state index contributed by atoms with van der Waals surface area (Å²) in [5, 5.41) is 19.0. The fourth-order valence-corrected chi connectivity index (χ4v) is 4.63. The highest BCUT2D eigenvalue weighted by atomic mass is 16.3. The van der Waals surface area contributed by atoms with Gasteiger partial charge in [-0.25, -0.2) is 4.98 Å². The molecule has 6 heteroatoms. The molecule has 1 unspecified atom stereocenters. The zero-order valence-electron chi connectivity index (χ0n) is 17.3. The number of aryl methyl sites for hydroxylation is 1. The number of allylic oxidation sites excluding steroid dienone is 4. The van der Waals surface area contributed by atoms with Crippen molar-refractivity contribution in [1.82, 2.24) is 25.1 Å². The molecule has 6 rings (SSSR count). The molecule has 0 spiro atoms. The molecule has 0 saturated carbocycles. The van der Waals surface area contributed by atoms with Gasteiger partial charge in [0.05, 0.1) is 11.0 Å². The zero-order chi connectivity index (χ0) is 20.9. The van der Waals surface area contributed by atoms with Crippen molar-refractivity contribution >= 4 is 16.6 Å². The second-order valence-electron chi connectivity index (χ2n) is 8.27. The van der Waals surface area contributed by atoms with Gasteiger partial charge in [-0.3, -0.25) is 4.68 Å². The van der Waals surface area contributed by atoms with E-state index in [9.17, 15) is 5.11 Å². The predicted octanol–water partition coefficient (Wildman–Crippen LogP) is 4.40. The molecule has 2 aliphatic rings. The Balaban J connectivity index is 1.34. The smallest absolute Gasteiger partial charge is 0.173 e. The predicted molar refractivity (Wildman–Crippen MR) is 121 cm³/mol. The Morgan fingerprint density at radius 3 is 2.68 bits per heavy atom. The van der Waals surface area contributed by atoms with E-state index in [-0.39, 0.29) is 5.75 Å². The van der Waals surface area contributed by atoms with Gasteiger partial charge in [-0.2, -0.15) is 5.10 Å². The summed E-state index contributed by atoms with van der Waals surface area (Å²) in [6.07, 6.45) is 7.28. The van der Waals surface area contributed by atoms with Crippen LogP contribution in [0.3, 0.4) is 0 Å². The molecule has 2 aromatic carbocycles. The molecule has 31 heavy (non-hydrogen) atoms. The van der Waals surface area contributed by atoms with E-state index >= 15 is 0 Å². The molecule has 1 aliphatic carbocycles. The van der Waals surface area contributed by atoms with Gasteiger partial charge in [0.15, 0.2) is 11.6 Å². The molecule has 0 radical (unpaired) electrons. The number of aromatic amines is 1. The number of hydrogen-bond donors (Lipinski definition) is 3. The van der Waals surface area contributed by atoms with Gasteiger partial charge in [0.1, 0.15) is 11.4 Å². The molecule has 0 amide bonds. The Morgan fingerprint density at radius 1 is 1.10 bits per heavy atom. The van der Waals surface area contributed by atoms with Crippen molar-refractivity contribution in [3.63, 3.8) is 0 Å². The molecule has 0 bridgehead atoms. The molecular formula is C25H23N5O. The van der Waals surface area contributed by atoms with E-state index in [4.69, 9.17) is 4.98 Å². The van der Waals surface area contributed by atoms with E-state index in [0.29, 0.717) is 23.1 Å². The molecule has 0 fully saturated rings. The topological polar surface area (TPSA) is 78.8 Å². The number of aromatic nitrogens is 4. The molecule has 0 saturated heterocycles. The quantitative estimate of drug-likeness (QED) is 0.469. The summed E-state index contributed by atoms with van der Waals surface area (Å²) < 4.78 is 1.70. The van der Waals surface area contributed by atoms with E-state index < -0.39 is 0 Å². The minimum atomic E-state index is 0.157. The van der Waals surface area contributed by atoms with E-state index in [2.05, 4.69) is 70.0 Å². The SMILES string of the molecule is Cn1nc(C2=CCC(c3ccccc3)C=C2)c(O)c1-c1nc2cc3c(cc2[nH]1)CNC3. The van der Waals surface area contributed by atoms with Crippen molar-refractivity contribution in [3.8, 4) is 17.3 Å². The highest BCUT2D eigenvalue weighted by molar-refractivity contribution is 5.85. The maximum absolute atomic E-state index is 11.1. The van der Waals surface area contributed by atoms with Crippen molar-refractivity contribution in [2.45, 2.75) is 25.4 Å². The first-order valence-electron chi connectivity index (χ1n) is 10.6. The van der Waals surface area contributed by atoms with Crippen LogP contribution in [0, 0.1) is 0 Å². The lowest BCUT2D eigenvalue weighted by Crippen LogP contribution is -1.99. The number of nitrogens with one attached hydrogen (secondary N) is 2. The molecular weight excluding hydrogens is 386 g/mol. The van der Waals surface area contributed by atoms with Crippen LogP contribution >= 0.6 is 0 Å². The normalized spacial score (nSPS) is 17.8. The third kappa shape index (κ3) is 2.99. The first kappa shape index (κ1) is 18.2. The van der Waals surface area contributed by atoms with Gasteiger partial charge in [-0.05, 0) is 35.2 Å². The summed E-state index contributed by atoms with van der Waals surface area (Å²) in [6, 6.07) is 14.7. The van der Waals surface area contributed by atoms with Gasteiger partial charge in [-0.15, -0.1) is 0 Å². The minimum absolute atomic E-state index is 0.157. The highest BCUT2D eigenvalue weighted by Crippen LogP contribution is 2.38. The van der Waals surface area contributed by atoms with Crippen LogP contribution < -0.4 is 5.32 Å². The van der Waals surface area contributed by atoms with Crippen molar-refractivity contribution in [3.05, 3.63) is 83.1 Å². The van der Waals surface area contributed by atoms with E-state index in [1.54, 1.807) is 4.68 Å². The molecule has 6 nitrogen and oxygen atoms in total. The molecule has 154 valence electrons. The van der Waals surface area contributed by atoms with Crippen LogP contribution in [0.15, 0.2) is 60.7 Å². The van der Waals surface area contributed by atoms with Crippen molar-refractivity contribution in [1.29, 1.82) is 0 Å². The van der Waals surface area contributed by atoms with Crippen LogP contribution in [-0.2, 0) is 20.1 Å². The average Bonchev–Trinajstić information content (AvgIpc) is 3.49. The summed E-state index contributed by atoms with van der Waals surface area (Å²) in [4.78, 5) is 8.12. The Bertz CT molecular complexity index is 1320. The first-order chi connectivity index (χ1) is 15.2. The lowest BCUT2D eigenvalue weighted by molar-refractivity contribution is 0.475. The minimum Gasteiger partial charge on any atom is -0.504 e. The van der Waals surface area contributed by atoms with Gasteiger partial charge in [0.25, 0.3) is 0 Å². The van der Waals surface area contributed by atoms with Gasteiger partial charge in [0.2, 0.25) is 0 Å². The first-order valence-corrected chi connectivity index (χ1v) is 10.6. The van der Waals surface area contributed by atoms with Crippen LogP contribution in [0.4, 0.5) is 0 Å². The average molecular weight is 409 g/mol. The maximum atomic E-state index is 11.1. The molecule has 1 atom stereocenters. The Morgan fingerprint density at radius 2 is 1.90 bits per heavy atom. The molecule has 4 aromatic rings. The molecule has 3 N–H and O–H groups in total. The number of benzene rings is 2. The lowest BCUT2D eigenvalue weighted by atomic mass is 9.89. The van der Waals surface area contributed by atoms with Crippen LogP contribution in [0.5, 0.6) is 5.75 Å². The fourth-order valence-electron chi connectivity index (χ4n) is 4.63. The van der Waals surface area contributed by atoms with Gasteiger partial charge < -0.3 is 15.4 Å². The zero-order valence-corrected chi connectivity index (χ0v) is 17.3. The molecule has 1 aliphatic heterocycles. The van der Waals surface area contributed by atoms with Crippen molar-refractivity contribution in [2.24, 2.45) is 7.05 Å². The number of hydrogen-bond acceptors (Lipinski definition) is 4. The number of fused-ring (bicyclic) bond motifs is 2. The van der Waals surface area contributed by atoms with E-state index in [0.717, 1.165) is 36.1 Å². The summed E-state index contributed by atoms with van der Waals surface area (Å²) in [5.74, 6) is 1.14. The number of nitrogens with zero attached hydrogens (tertiary/aromatic N) is 3. The van der Waals surface area contributed by atoms with E-state index in [1.807, 2.05) is 13.1 Å². The van der Waals surface area contributed by atoms with E-state index in [1.165, 1.54) is 16.7 Å². The number of aromatic hydroxyl groups is 1. The lowest BCUT2D eigenvalue weighted by Gasteiger charge is -2.15. The van der Waals surface area contributed by atoms with Crippen molar-refractivity contribution < 1.29 is 5.11 Å². The monoisotopic (exact) mass is 409 g/mol. The number of rotatable bonds is 3. The standard InChI is InChI=1S/C25H23N5O/c1-30-23(25-27-20-11-18-13-26-14-19(18)12-21(20)28-25)24(31)22(29-30)17-9-7-16(8-10-17)15-5-3-2-4-6-15/h2-7,9-12,16,26,31H,8,13-14H2,1H3,(H,27,28). The van der Waals surface area contributed by atoms with Crippen LogP contribution in [0.1, 0.15) is 34.7 Å². The second kappa shape index (κ2) is 6.96. The summed E-state index contributed by atoms with van der Waals surface area (Å²) in [7, 11) is 1.84. The Labute approximate surface area is 180 Å². The highest BCUT2D eigenvalue weighted by Gasteiger charge is 2.23. The molecule has 3 heterocycles. The summed E-state index contributed by atoms with van der Waals surface area (Å²) in [5.41, 5.74) is 7.88. The van der Waals surface area contributed by atoms with Gasteiger partial charge in [0, 0.05) is 31.6 Å². The summed E-state index contributed by atoms with van der Waals surface area (Å²) >= 11 is 0. The van der Waals surface area contributed by atoms with Crippen LogP contribution in [-0.4, -0.2) is 24.9 Å². The number of H-pyrrole nitrogens is 1. The Kier molecular flexibility index (Phi) is 4.07. The van der Waals surface area contributed by atoms with Gasteiger partial charge >= 0.3 is 0 Å². The van der Waals surface area contributed by atoms with Crippen LogP contribution in [0.2, 0.25) is 0 Å². The fraction of sp³-hybridized carbons (Fsp3) is 0.200. The second-order valence-corrected chi connectivity index (χ2v) is 8.27. The van der Waals surface area contributed by atoms with Gasteiger partial charge in [-0.1, -0.05) is 48.6 Å². The van der Waals surface area contributed by atoms with Crippen LogP contribution in [0.25, 0.3) is 28.1 Å².